The second-order valence-electron chi connectivity index (χ2n) is 21.6. The number of amides is 4. The van der Waals surface area contributed by atoms with Gasteiger partial charge in [0.1, 0.15) is 27.9 Å². The van der Waals surface area contributed by atoms with E-state index in [9.17, 15) is 29.4 Å². The molecule has 6 N–H and O–H groups in total. The molecule has 392 valence electrons. The summed E-state index contributed by atoms with van der Waals surface area (Å²) in [7, 11) is 0. The van der Waals surface area contributed by atoms with Gasteiger partial charge in [-0.15, -0.1) is 0 Å². The maximum absolute atomic E-state index is 13.5. The Morgan fingerprint density at radius 1 is 0.890 bits per heavy atom. The molecule has 0 aliphatic carbocycles. The van der Waals surface area contributed by atoms with E-state index >= 15 is 0 Å². The first-order valence-corrected chi connectivity index (χ1v) is 26.7. The van der Waals surface area contributed by atoms with Gasteiger partial charge in [0.05, 0.1) is 22.5 Å². The van der Waals surface area contributed by atoms with Crippen LogP contribution in [-0.2, 0) is 34.0 Å². The number of carbonyl (C=O) groups excluding carboxylic acids is 4. The molecule has 0 spiro atoms. The summed E-state index contributed by atoms with van der Waals surface area (Å²) < 4.78 is 5.46. The molecule has 8 rings (SSSR count). The average Bonchev–Trinajstić information content (AvgIpc) is 3.76. The van der Waals surface area contributed by atoms with Crippen LogP contribution in [0.4, 0.5) is 22.1 Å². The number of piperidine rings is 2. The molecule has 0 saturated carbocycles. The number of phenolic OH excluding ortho intramolecular Hbond substituents is 2. The maximum Gasteiger partial charge on any atom is 0.408 e. The van der Waals surface area contributed by atoms with Gasteiger partial charge in [-0.1, -0.05) is 61.5 Å². The van der Waals surface area contributed by atoms with Crippen LogP contribution in [0.2, 0.25) is 5.02 Å². The highest BCUT2D eigenvalue weighted by atomic mass is 35.5. The molecule has 1 aromatic heterocycles. The number of aromatic nitrogens is 2. The molecule has 73 heavy (non-hydrogen) atoms. The zero-order chi connectivity index (χ0) is 52.2. The van der Waals surface area contributed by atoms with Crippen molar-refractivity contribution >= 4 is 64.5 Å². The van der Waals surface area contributed by atoms with Crippen LogP contribution in [0, 0.1) is 5.92 Å². The SMILES string of the molecule is CC(C)c1cc(C(=O)N2Cc3ccc(CN4CCC(CN5CCN(C(=O)CCC(=O)Nc6cccc(Sc7ncc(N8CCC(C)(NC(=O)OC(C)(C)C)CC8)nc7N)c6Cl)CC5)CC4)cc3C2)c(O)cc1O. The molecule has 0 bridgehead atoms. The van der Waals surface area contributed by atoms with Crippen molar-refractivity contribution in [1.29, 1.82) is 0 Å². The van der Waals surface area contributed by atoms with Gasteiger partial charge in [-0.2, -0.15) is 0 Å². The van der Waals surface area contributed by atoms with E-state index in [1.807, 2.05) is 52.5 Å². The third-order valence-electron chi connectivity index (χ3n) is 14.4. The lowest BCUT2D eigenvalue weighted by Gasteiger charge is -2.40. The number of halogens is 1. The molecule has 3 saturated heterocycles. The normalized spacial score (nSPS) is 17.7. The van der Waals surface area contributed by atoms with Crippen molar-refractivity contribution in [3.8, 4) is 11.5 Å². The summed E-state index contributed by atoms with van der Waals surface area (Å²) in [5, 5.41) is 27.5. The number of nitrogens with two attached hydrogens (primary N) is 1. The van der Waals surface area contributed by atoms with E-state index in [1.54, 1.807) is 29.3 Å². The monoisotopic (exact) mass is 1040 g/mol. The van der Waals surface area contributed by atoms with Crippen molar-refractivity contribution in [2.45, 2.75) is 127 Å². The van der Waals surface area contributed by atoms with Gasteiger partial charge in [0.25, 0.3) is 5.91 Å². The highest BCUT2D eigenvalue weighted by Crippen LogP contribution is 2.40. The number of nitrogen functional groups attached to an aromatic ring is 1. The van der Waals surface area contributed by atoms with Crippen molar-refractivity contribution in [3.63, 3.8) is 0 Å². The van der Waals surface area contributed by atoms with Gasteiger partial charge in [-0.25, -0.2) is 14.8 Å². The molecule has 4 amide bonds. The summed E-state index contributed by atoms with van der Waals surface area (Å²) >= 11 is 8.05. The Hall–Kier alpha value is -5.82. The van der Waals surface area contributed by atoms with Gasteiger partial charge in [0, 0.05) is 94.8 Å². The molecule has 0 atom stereocenters. The summed E-state index contributed by atoms with van der Waals surface area (Å²) in [5.74, 6) is 0.707. The molecule has 4 aromatic rings. The lowest BCUT2D eigenvalue weighted by Crippen LogP contribution is -2.54. The first-order chi connectivity index (χ1) is 34.7. The predicted octanol–water partition coefficient (Wildman–Crippen LogP) is 8.21. The minimum Gasteiger partial charge on any atom is -0.508 e. The van der Waals surface area contributed by atoms with Gasteiger partial charge >= 0.3 is 6.09 Å². The number of hydrogen-bond acceptors (Lipinski definition) is 14. The summed E-state index contributed by atoms with van der Waals surface area (Å²) in [5.41, 5.74) is 10.2. The smallest absolute Gasteiger partial charge is 0.408 e. The van der Waals surface area contributed by atoms with Crippen LogP contribution in [0.5, 0.6) is 11.5 Å². The number of phenols is 2. The van der Waals surface area contributed by atoms with Crippen molar-refractivity contribution in [3.05, 3.63) is 87.6 Å². The number of nitrogens with zero attached hydrogens (tertiary/aromatic N) is 7. The van der Waals surface area contributed by atoms with E-state index in [2.05, 4.69) is 53.5 Å². The fourth-order valence-corrected chi connectivity index (χ4v) is 11.2. The number of fused-ring (bicyclic) bond motifs is 1. The predicted molar refractivity (Wildman–Crippen MR) is 284 cm³/mol. The number of likely N-dealkylation sites (tertiary alicyclic amines) is 1. The zero-order valence-corrected chi connectivity index (χ0v) is 44.6. The van der Waals surface area contributed by atoms with Crippen molar-refractivity contribution in [1.82, 2.24) is 34.9 Å². The topological polar surface area (TPSA) is 210 Å². The number of ether oxygens (including phenoxy) is 1. The third-order valence-corrected chi connectivity index (χ3v) is 16.0. The van der Waals surface area contributed by atoms with Crippen LogP contribution in [-0.4, -0.2) is 134 Å². The number of carbonyl (C=O) groups is 4. The highest BCUT2D eigenvalue weighted by Gasteiger charge is 2.34. The number of piperazine rings is 1. The Bertz CT molecular complexity index is 2680. The minimum absolute atomic E-state index is 0.00501. The molecular weight excluding hydrogens is 968 g/mol. The quantitative estimate of drug-likeness (QED) is 0.0807. The van der Waals surface area contributed by atoms with Crippen LogP contribution >= 0.6 is 23.4 Å². The van der Waals surface area contributed by atoms with Gasteiger partial charge < -0.3 is 46.0 Å². The highest BCUT2D eigenvalue weighted by molar-refractivity contribution is 7.99. The zero-order valence-electron chi connectivity index (χ0n) is 43.0. The lowest BCUT2D eigenvalue weighted by atomic mass is 9.90. The van der Waals surface area contributed by atoms with E-state index in [-0.39, 0.29) is 59.4 Å². The number of aromatic hydroxyl groups is 2. The van der Waals surface area contributed by atoms with Crippen molar-refractivity contribution < 1.29 is 34.1 Å². The van der Waals surface area contributed by atoms with Gasteiger partial charge in [0.2, 0.25) is 11.8 Å². The summed E-state index contributed by atoms with van der Waals surface area (Å²) in [6, 6.07) is 14.7. The number of benzene rings is 3. The number of hydrogen-bond donors (Lipinski definition) is 5. The van der Waals surface area contributed by atoms with E-state index < -0.39 is 17.2 Å². The van der Waals surface area contributed by atoms with Gasteiger partial charge in [0.15, 0.2) is 5.82 Å². The molecular formula is C54H71ClN10O7S. The third kappa shape index (κ3) is 13.7. The van der Waals surface area contributed by atoms with Crippen molar-refractivity contribution in [2.24, 2.45) is 5.92 Å². The Morgan fingerprint density at radius 3 is 2.29 bits per heavy atom. The van der Waals surface area contributed by atoms with Gasteiger partial charge in [-0.3, -0.25) is 24.2 Å². The fraction of sp³-hybridized carbons (Fsp3) is 0.519. The van der Waals surface area contributed by atoms with Crippen LogP contribution in [0.1, 0.15) is 119 Å². The second kappa shape index (κ2) is 22.7. The number of alkyl carbamates (subject to hydrolysis) is 1. The molecule has 5 heterocycles. The first kappa shape index (κ1) is 53.5. The van der Waals surface area contributed by atoms with Crippen LogP contribution < -0.4 is 21.3 Å². The Balaban J connectivity index is 0.723. The van der Waals surface area contributed by atoms with Crippen LogP contribution in [0.15, 0.2) is 64.6 Å². The molecule has 3 aromatic carbocycles. The standard InChI is InChI=1S/C54H71ClN10O7S/c1-34(2)39-27-40(43(67)28-42(39)66)51(70)65-32-37-11-10-36(26-38(37)33-65)31-61-18-14-35(15-19-61)30-62-22-24-64(25-23-62)47(69)13-12-46(68)58-41-8-7-9-44(48(41)55)73-50-49(56)59-45(29-57-50)63-20-16-54(6,17-21-63)60-52(71)72-53(3,4)5/h7-11,26-29,34-35,66-67H,12-25,30-33H2,1-6H3,(H2,56,59)(H,58,68)(H,60,71). The van der Waals surface area contributed by atoms with E-state index in [0.717, 1.165) is 63.2 Å². The number of anilines is 3. The largest absolute Gasteiger partial charge is 0.508 e. The molecule has 4 aliphatic heterocycles. The summed E-state index contributed by atoms with van der Waals surface area (Å²) in [4.78, 5) is 72.9. The molecule has 3 fully saturated rings. The second-order valence-corrected chi connectivity index (χ2v) is 23.0. The van der Waals surface area contributed by atoms with E-state index in [0.29, 0.717) is 90.0 Å². The Labute approximate surface area is 438 Å². The van der Waals surface area contributed by atoms with Crippen molar-refractivity contribution in [2.75, 3.05) is 74.9 Å². The Kier molecular flexibility index (Phi) is 16.7. The molecule has 0 radical (unpaired) electrons. The maximum atomic E-state index is 13.5. The molecule has 0 unspecified atom stereocenters. The van der Waals surface area contributed by atoms with E-state index in [4.69, 9.17) is 22.1 Å². The van der Waals surface area contributed by atoms with Crippen LogP contribution in [0.3, 0.4) is 0 Å². The molecule has 19 heteroatoms. The summed E-state index contributed by atoms with van der Waals surface area (Å²) in [6.45, 7) is 20.5. The Morgan fingerprint density at radius 2 is 1.60 bits per heavy atom. The fourth-order valence-electron chi connectivity index (χ4n) is 10.1. The first-order valence-electron chi connectivity index (χ1n) is 25.5. The average molecular weight is 1040 g/mol. The van der Waals surface area contributed by atoms with E-state index in [1.165, 1.54) is 23.4 Å². The summed E-state index contributed by atoms with van der Waals surface area (Å²) in [6.07, 6.45) is 5.00. The van der Waals surface area contributed by atoms with Gasteiger partial charge in [-0.05, 0) is 119 Å². The minimum atomic E-state index is -0.575. The van der Waals surface area contributed by atoms with Crippen LogP contribution in [0.25, 0.3) is 0 Å². The lowest BCUT2D eigenvalue weighted by molar-refractivity contribution is -0.134. The number of rotatable bonds is 14. The molecule has 4 aliphatic rings. The number of nitrogens with one attached hydrogen (secondary N) is 2. The molecule has 17 nitrogen and oxygen atoms in total.